The first-order valence-corrected chi connectivity index (χ1v) is 6.80. The number of methoxy groups -OCH3 is 2. The molecule has 1 aliphatic rings. The Hall–Kier alpha value is -1.62. The summed E-state index contributed by atoms with van der Waals surface area (Å²) >= 11 is 0. The summed E-state index contributed by atoms with van der Waals surface area (Å²) < 4.78 is 9.99. The minimum absolute atomic E-state index is 0.00606. The zero-order valence-electron chi connectivity index (χ0n) is 12.3. The van der Waals surface area contributed by atoms with E-state index in [0.717, 1.165) is 25.7 Å². The van der Waals surface area contributed by atoms with Crippen LogP contribution in [-0.4, -0.2) is 37.5 Å². The van der Waals surface area contributed by atoms with Gasteiger partial charge in [0.15, 0.2) is 0 Å². The lowest BCUT2D eigenvalue weighted by Crippen LogP contribution is -2.25. The van der Waals surface area contributed by atoms with Gasteiger partial charge in [0.05, 0.1) is 14.2 Å². The van der Waals surface area contributed by atoms with Gasteiger partial charge >= 0.3 is 0 Å². The van der Waals surface area contributed by atoms with Crippen LogP contribution in [0.15, 0.2) is 22.7 Å². The van der Waals surface area contributed by atoms with E-state index < -0.39 is 0 Å². The number of hydrogen-bond acceptors (Lipinski definition) is 5. The highest BCUT2D eigenvalue weighted by Crippen LogP contribution is 2.28. The number of unbranched alkanes of at least 4 members (excludes halogenated alkanes) is 3. The van der Waals surface area contributed by atoms with Crippen molar-refractivity contribution in [3.05, 3.63) is 22.7 Å². The number of carbonyl (C=O) groups excluding carboxylic acids is 2. The standard InChI is InChI=1S/C15H22O5/c1-10-11(8-6-4-5-7-9-16)13(18)15(20-3)14(19-2)12(10)17/h16H,4-9H2,1-3H3. The van der Waals surface area contributed by atoms with Crippen molar-refractivity contribution < 1.29 is 24.2 Å². The minimum atomic E-state index is -0.283. The Labute approximate surface area is 119 Å². The zero-order valence-corrected chi connectivity index (χ0v) is 12.3. The molecule has 1 aliphatic carbocycles. The van der Waals surface area contributed by atoms with Crippen LogP contribution < -0.4 is 0 Å². The summed E-state index contributed by atoms with van der Waals surface area (Å²) in [4.78, 5) is 24.4. The molecule has 0 heterocycles. The van der Waals surface area contributed by atoms with Gasteiger partial charge in [-0.25, -0.2) is 0 Å². The van der Waals surface area contributed by atoms with Crippen molar-refractivity contribution in [2.75, 3.05) is 20.8 Å². The maximum absolute atomic E-state index is 12.3. The summed E-state index contributed by atoms with van der Waals surface area (Å²) in [7, 11) is 2.71. The third-order valence-electron chi connectivity index (χ3n) is 3.43. The van der Waals surface area contributed by atoms with E-state index in [1.165, 1.54) is 14.2 Å². The van der Waals surface area contributed by atoms with E-state index in [1.807, 2.05) is 0 Å². The van der Waals surface area contributed by atoms with Crippen LogP contribution in [-0.2, 0) is 19.1 Å². The summed E-state index contributed by atoms with van der Waals surface area (Å²) in [6.45, 7) is 1.83. The van der Waals surface area contributed by atoms with E-state index in [9.17, 15) is 9.59 Å². The molecule has 0 bridgehead atoms. The maximum atomic E-state index is 12.3. The molecular formula is C15H22O5. The van der Waals surface area contributed by atoms with E-state index in [2.05, 4.69) is 0 Å². The second-order valence-corrected chi connectivity index (χ2v) is 4.72. The van der Waals surface area contributed by atoms with Gasteiger partial charge < -0.3 is 14.6 Å². The van der Waals surface area contributed by atoms with Crippen molar-refractivity contribution in [1.82, 2.24) is 0 Å². The lowest BCUT2D eigenvalue weighted by atomic mass is 9.89. The molecule has 0 saturated carbocycles. The molecule has 0 unspecified atom stereocenters. The lowest BCUT2D eigenvalue weighted by Gasteiger charge is -2.20. The van der Waals surface area contributed by atoms with Crippen molar-refractivity contribution in [2.24, 2.45) is 0 Å². The molecule has 0 aromatic heterocycles. The van der Waals surface area contributed by atoms with Crippen LogP contribution in [0.1, 0.15) is 39.0 Å². The number of hydrogen-bond donors (Lipinski definition) is 1. The van der Waals surface area contributed by atoms with Crippen LogP contribution in [0.25, 0.3) is 0 Å². The van der Waals surface area contributed by atoms with E-state index >= 15 is 0 Å². The molecule has 0 atom stereocenters. The summed E-state index contributed by atoms with van der Waals surface area (Å²) in [5.74, 6) is -0.564. The second-order valence-electron chi connectivity index (χ2n) is 4.72. The summed E-state index contributed by atoms with van der Waals surface area (Å²) in [6.07, 6.45) is 3.96. The zero-order chi connectivity index (χ0) is 15.1. The normalized spacial score (nSPS) is 16.0. The van der Waals surface area contributed by atoms with E-state index in [0.29, 0.717) is 17.6 Å². The highest BCUT2D eigenvalue weighted by atomic mass is 16.5. The number of ketones is 2. The average molecular weight is 282 g/mol. The van der Waals surface area contributed by atoms with Gasteiger partial charge in [0, 0.05) is 17.8 Å². The van der Waals surface area contributed by atoms with Crippen LogP contribution in [0.2, 0.25) is 0 Å². The lowest BCUT2D eigenvalue weighted by molar-refractivity contribution is -0.121. The van der Waals surface area contributed by atoms with Crippen molar-refractivity contribution in [3.63, 3.8) is 0 Å². The Kier molecular flexibility index (Phi) is 6.45. The van der Waals surface area contributed by atoms with Gasteiger partial charge in [-0.1, -0.05) is 12.8 Å². The highest BCUT2D eigenvalue weighted by molar-refractivity contribution is 6.23. The van der Waals surface area contributed by atoms with Crippen LogP contribution in [0.5, 0.6) is 0 Å². The van der Waals surface area contributed by atoms with Crippen LogP contribution in [0.4, 0.5) is 0 Å². The number of aliphatic hydroxyl groups excluding tert-OH is 1. The molecule has 0 spiro atoms. The molecule has 0 aliphatic heterocycles. The fourth-order valence-electron chi connectivity index (χ4n) is 2.26. The molecule has 1 rings (SSSR count). The summed E-state index contributed by atoms with van der Waals surface area (Å²) in [6, 6.07) is 0. The molecule has 0 radical (unpaired) electrons. The van der Waals surface area contributed by atoms with Crippen LogP contribution in [0.3, 0.4) is 0 Å². The fourth-order valence-corrected chi connectivity index (χ4v) is 2.26. The third kappa shape index (κ3) is 3.48. The smallest absolute Gasteiger partial charge is 0.228 e. The topological polar surface area (TPSA) is 72.8 Å². The number of carbonyl (C=O) groups is 2. The monoisotopic (exact) mass is 282 g/mol. The SMILES string of the molecule is COC1=C(OC)C(=O)C(CCCCCCO)=C(C)C1=O. The van der Waals surface area contributed by atoms with Crippen molar-refractivity contribution in [1.29, 1.82) is 0 Å². The van der Waals surface area contributed by atoms with Crippen molar-refractivity contribution in [2.45, 2.75) is 39.0 Å². The predicted octanol–water partition coefficient (Wildman–Crippen LogP) is 1.90. The molecule has 0 fully saturated rings. The molecule has 0 saturated heterocycles. The van der Waals surface area contributed by atoms with Crippen molar-refractivity contribution in [3.8, 4) is 0 Å². The molecule has 0 aromatic carbocycles. The van der Waals surface area contributed by atoms with Crippen LogP contribution in [0, 0.1) is 0 Å². The second kappa shape index (κ2) is 7.85. The number of aliphatic hydroxyl groups is 1. The van der Waals surface area contributed by atoms with Gasteiger partial charge in [-0.05, 0) is 26.2 Å². The van der Waals surface area contributed by atoms with Gasteiger partial charge in [0.1, 0.15) is 0 Å². The Morgan fingerprint density at radius 3 is 2.00 bits per heavy atom. The first-order valence-electron chi connectivity index (χ1n) is 6.80. The summed E-state index contributed by atoms with van der Waals surface area (Å²) in [5, 5.41) is 8.71. The van der Waals surface area contributed by atoms with Gasteiger partial charge in [-0.2, -0.15) is 0 Å². The van der Waals surface area contributed by atoms with Gasteiger partial charge in [-0.3, -0.25) is 9.59 Å². The first kappa shape index (κ1) is 16.4. The fraction of sp³-hybridized carbons (Fsp3) is 0.600. The molecule has 5 nitrogen and oxygen atoms in total. The van der Waals surface area contributed by atoms with Gasteiger partial charge in [0.2, 0.25) is 23.1 Å². The summed E-state index contributed by atoms with van der Waals surface area (Å²) in [5.41, 5.74) is 0.950. The maximum Gasteiger partial charge on any atom is 0.228 e. The molecule has 0 aromatic rings. The largest absolute Gasteiger partial charge is 0.489 e. The first-order chi connectivity index (χ1) is 9.58. The van der Waals surface area contributed by atoms with E-state index in [1.54, 1.807) is 6.92 Å². The molecule has 112 valence electrons. The minimum Gasteiger partial charge on any atom is -0.489 e. The van der Waals surface area contributed by atoms with E-state index in [-0.39, 0.29) is 29.7 Å². The van der Waals surface area contributed by atoms with E-state index in [4.69, 9.17) is 14.6 Å². The number of Topliss-reactive ketones (excluding diaryl/α,β-unsaturated/α-hetero) is 2. The predicted molar refractivity (Wildman–Crippen MR) is 73.9 cm³/mol. The average Bonchev–Trinajstić information content (AvgIpc) is 2.45. The highest BCUT2D eigenvalue weighted by Gasteiger charge is 2.34. The van der Waals surface area contributed by atoms with Crippen molar-refractivity contribution >= 4 is 11.6 Å². The Morgan fingerprint density at radius 2 is 1.45 bits per heavy atom. The molecule has 20 heavy (non-hydrogen) atoms. The number of allylic oxidation sites excluding steroid dienone is 2. The molecule has 0 amide bonds. The van der Waals surface area contributed by atoms with Gasteiger partial charge in [0.25, 0.3) is 0 Å². The van der Waals surface area contributed by atoms with Gasteiger partial charge in [-0.15, -0.1) is 0 Å². The Bertz CT molecular complexity index is 445. The van der Waals surface area contributed by atoms with Crippen LogP contribution >= 0.6 is 0 Å². The molecule has 5 heteroatoms. The third-order valence-corrected chi connectivity index (χ3v) is 3.43. The number of ether oxygens (including phenoxy) is 2. The Balaban J connectivity index is 2.78. The Morgan fingerprint density at radius 1 is 0.900 bits per heavy atom. The molecular weight excluding hydrogens is 260 g/mol. The quantitative estimate of drug-likeness (QED) is 0.544. The molecule has 1 N–H and O–H groups in total. The number of rotatable bonds is 8.